The van der Waals surface area contributed by atoms with Crippen molar-refractivity contribution < 1.29 is 25.0 Å². The number of hydrogen-bond donors (Lipinski definition) is 4. The van der Waals surface area contributed by atoms with Gasteiger partial charge in [-0.2, -0.15) is 0 Å². The fourth-order valence-corrected chi connectivity index (χ4v) is 2.04. The average molecular weight is 284 g/mol. The summed E-state index contributed by atoms with van der Waals surface area (Å²) in [6.45, 7) is 1.56. The van der Waals surface area contributed by atoms with E-state index in [2.05, 4.69) is 5.32 Å². The molecule has 110 valence electrons. The van der Waals surface area contributed by atoms with Gasteiger partial charge in [-0.1, -0.05) is 6.07 Å². The number of nitro groups is 1. The number of nitro benzene ring substituents is 1. The van der Waals surface area contributed by atoms with Crippen molar-refractivity contribution in [3.8, 4) is 0 Å². The van der Waals surface area contributed by atoms with Gasteiger partial charge in [0.1, 0.15) is 18.3 Å². The first-order chi connectivity index (χ1) is 9.40. The molecule has 1 saturated heterocycles. The highest BCUT2D eigenvalue weighted by atomic mass is 16.6. The minimum atomic E-state index is -1.35. The lowest BCUT2D eigenvalue weighted by molar-refractivity contribution is -0.384. The zero-order valence-electron chi connectivity index (χ0n) is 10.7. The minimum Gasteiger partial charge on any atom is -0.388 e. The van der Waals surface area contributed by atoms with Gasteiger partial charge in [0.05, 0.1) is 11.0 Å². The van der Waals surface area contributed by atoms with E-state index in [4.69, 9.17) is 4.74 Å². The van der Waals surface area contributed by atoms with Crippen molar-refractivity contribution in [2.75, 3.05) is 5.32 Å². The Hall–Kier alpha value is -1.74. The Kier molecular flexibility index (Phi) is 4.19. The Bertz CT molecular complexity index is 497. The number of nitrogens with one attached hydrogen (secondary N) is 1. The lowest BCUT2D eigenvalue weighted by Crippen LogP contribution is -2.58. The van der Waals surface area contributed by atoms with Gasteiger partial charge in [-0.25, -0.2) is 0 Å². The summed E-state index contributed by atoms with van der Waals surface area (Å²) in [6, 6.07) is 5.69. The summed E-state index contributed by atoms with van der Waals surface area (Å²) >= 11 is 0. The molecule has 0 aliphatic carbocycles. The van der Waals surface area contributed by atoms with Gasteiger partial charge in [0.15, 0.2) is 6.23 Å². The summed E-state index contributed by atoms with van der Waals surface area (Å²) in [6.07, 6.45) is -5.53. The molecule has 1 heterocycles. The van der Waals surface area contributed by atoms with E-state index in [9.17, 15) is 25.4 Å². The number of benzene rings is 1. The molecule has 0 unspecified atom stereocenters. The molecule has 1 aromatic rings. The molecule has 1 aliphatic rings. The quantitative estimate of drug-likeness (QED) is 0.448. The highest BCUT2D eigenvalue weighted by Gasteiger charge is 2.41. The molecule has 0 amide bonds. The first kappa shape index (κ1) is 14.7. The smallest absolute Gasteiger partial charge is 0.271 e. The molecule has 1 fully saturated rings. The Labute approximate surface area is 114 Å². The van der Waals surface area contributed by atoms with E-state index in [1.165, 1.54) is 18.2 Å². The summed E-state index contributed by atoms with van der Waals surface area (Å²) in [7, 11) is 0. The molecular weight excluding hydrogens is 268 g/mol. The Morgan fingerprint density at radius 1 is 1.25 bits per heavy atom. The molecule has 0 spiro atoms. The van der Waals surface area contributed by atoms with Crippen molar-refractivity contribution in [1.29, 1.82) is 0 Å². The average Bonchev–Trinajstić information content (AvgIpc) is 2.42. The van der Waals surface area contributed by atoms with E-state index in [1.807, 2.05) is 0 Å². The highest BCUT2D eigenvalue weighted by molar-refractivity contribution is 5.51. The van der Waals surface area contributed by atoms with Gasteiger partial charge in [0.25, 0.3) is 5.69 Å². The molecule has 1 aliphatic heterocycles. The highest BCUT2D eigenvalue weighted by Crippen LogP contribution is 2.24. The van der Waals surface area contributed by atoms with Gasteiger partial charge in [-0.15, -0.1) is 0 Å². The second-order valence-corrected chi connectivity index (χ2v) is 4.69. The third kappa shape index (κ3) is 2.88. The Balaban J connectivity index is 2.13. The van der Waals surface area contributed by atoms with E-state index in [0.29, 0.717) is 5.69 Å². The van der Waals surface area contributed by atoms with Gasteiger partial charge in [-0.05, 0) is 13.0 Å². The summed E-state index contributed by atoms with van der Waals surface area (Å²) in [5, 5.41) is 42.5. The van der Waals surface area contributed by atoms with Crippen LogP contribution in [0.3, 0.4) is 0 Å². The molecule has 4 N–H and O–H groups in total. The number of nitrogens with zero attached hydrogens (tertiary/aromatic N) is 1. The van der Waals surface area contributed by atoms with Crippen LogP contribution in [-0.2, 0) is 4.74 Å². The normalized spacial score (nSPS) is 33.7. The number of aliphatic hydroxyl groups is 3. The number of hydrogen-bond acceptors (Lipinski definition) is 7. The number of non-ortho nitro benzene ring substituents is 1. The molecule has 0 bridgehead atoms. The Morgan fingerprint density at radius 3 is 2.60 bits per heavy atom. The van der Waals surface area contributed by atoms with Crippen LogP contribution in [0.1, 0.15) is 6.92 Å². The van der Waals surface area contributed by atoms with Gasteiger partial charge in [-0.3, -0.25) is 10.1 Å². The summed E-state index contributed by atoms with van der Waals surface area (Å²) < 4.78 is 5.34. The minimum absolute atomic E-state index is 0.103. The van der Waals surface area contributed by atoms with E-state index in [1.54, 1.807) is 13.0 Å². The largest absolute Gasteiger partial charge is 0.388 e. The van der Waals surface area contributed by atoms with Crippen molar-refractivity contribution in [1.82, 2.24) is 0 Å². The van der Waals surface area contributed by atoms with Gasteiger partial charge in [0.2, 0.25) is 0 Å². The Morgan fingerprint density at radius 2 is 1.95 bits per heavy atom. The zero-order valence-corrected chi connectivity index (χ0v) is 10.7. The summed E-state index contributed by atoms with van der Waals surface area (Å²) in [5.74, 6) is 0. The first-order valence-electron chi connectivity index (χ1n) is 6.11. The van der Waals surface area contributed by atoms with Crippen LogP contribution in [0, 0.1) is 10.1 Å². The molecule has 0 saturated carbocycles. The maximum absolute atomic E-state index is 10.7. The van der Waals surface area contributed by atoms with Crippen LogP contribution in [0.15, 0.2) is 24.3 Å². The molecule has 2 rings (SSSR count). The fourth-order valence-electron chi connectivity index (χ4n) is 2.04. The van der Waals surface area contributed by atoms with Crippen LogP contribution in [0.25, 0.3) is 0 Å². The lowest BCUT2D eigenvalue weighted by atomic mass is 9.99. The van der Waals surface area contributed by atoms with E-state index in [-0.39, 0.29) is 5.69 Å². The van der Waals surface area contributed by atoms with Crippen molar-refractivity contribution in [3.05, 3.63) is 34.4 Å². The van der Waals surface area contributed by atoms with Crippen molar-refractivity contribution >= 4 is 11.4 Å². The standard InChI is InChI=1S/C12H16N2O6/c1-6-9(15)10(16)11(17)12(20-6)13-7-3-2-4-8(5-7)14(18)19/h2-6,9-13,15-17H,1H3/t6-,9-,10+,11+,12+/m1/s1. The second kappa shape index (κ2) is 5.71. The molecular formula is C12H16N2O6. The fraction of sp³-hybridized carbons (Fsp3) is 0.500. The van der Waals surface area contributed by atoms with Crippen LogP contribution in [0.4, 0.5) is 11.4 Å². The third-order valence-electron chi connectivity index (χ3n) is 3.22. The van der Waals surface area contributed by atoms with Crippen LogP contribution in [0.2, 0.25) is 0 Å². The van der Waals surface area contributed by atoms with E-state index >= 15 is 0 Å². The predicted molar refractivity (Wildman–Crippen MR) is 69.1 cm³/mol. The molecule has 1 aromatic carbocycles. The summed E-state index contributed by atoms with van der Waals surface area (Å²) in [4.78, 5) is 10.1. The summed E-state index contributed by atoms with van der Waals surface area (Å²) in [5.41, 5.74) is 0.271. The molecule has 5 atom stereocenters. The van der Waals surface area contributed by atoms with Crippen LogP contribution < -0.4 is 5.32 Å². The molecule has 8 nitrogen and oxygen atoms in total. The third-order valence-corrected chi connectivity index (χ3v) is 3.22. The molecule has 20 heavy (non-hydrogen) atoms. The first-order valence-corrected chi connectivity index (χ1v) is 6.11. The lowest BCUT2D eigenvalue weighted by Gasteiger charge is -2.39. The van der Waals surface area contributed by atoms with Crippen molar-refractivity contribution in [2.45, 2.75) is 37.6 Å². The molecule has 0 radical (unpaired) electrons. The number of aliphatic hydroxyl groups excluding tert-OH is 3. The van der Waals surface area contributed by atoms with Crippen LogP contribution >= 0.6 is 0 Å². The zero-order chi connectivity index (χ0) is 14.9. The number of ether oxygens (including phenoxy) is 1. The molecule has 8 heteroatoms. The molecule has 0 aromatic heterocycles. The van der Waals surface area contributed by atoms with Gasteiger partial charge >= 0.3 is 0 Å². The monoisotopic (exact) mass is 284 g/mol. The SMILES string of the molecule is C[C@H]1O[C@H](Nc2cccc([N+](=O)[O-])c2)[C@@H](O)[C@@H](O)[C@@H]1O. The van der Waals surface area contributed by atoms with Gasteiger partial charge < -0.3 is 25.4 Å². The van der Waals surface area contributed by atoms with E-state index in [0.717, 1.165) is 0 Å². The predicted octanol–water partition coefficient (Wildman–Crippen LogP) is -0.166. The number of rotatable bonds is 3. The topological polar surface area (TPSA) is 125 Å². The maximum atomic E-state index is 10.7. The van der Waals surface area contributed by atoms with Gasteiger partial charge in [0, 0.05) is 17.8 Å². The second-order valence-electron chi connectivity index (χ2n) is 4.69. The van der Waals surface area contributed by atoms with E-state index < -0.39 is 35.6 Å². The van der Waals surface area contributed by atoms with Crippen LogP contribution in [-0.4, -0.2) is 50.9 Å². The van der Waals surface area contributed by atoms with Crippen molar-refractivity contribution in [3.63, 3.8) is 0 Å². The number of anilines is 1. The van der Waals surface area contributed by atoms with Crippen molar-refractivity contribution in [2.24, 2.45) is 0 Å². The maximum Gasteiger partial charge on any atom is 0.271 e. The van der Waals surface area contributed by atoms with Crippen LogP contribution in [0.5, 0.6) is 0 Å².